The maximum atomic E-state index is 9.77. The Bertz CT molecular complexity index is 958. The minimum absolute atomic E-state index is 0.0814. The fourth-order valence-electron chi connectivity index (χ4n) is 4.73. The van der Waals surface area contributed by atoms with Crippen molar-refractivity contribution in [3.63, 3.8) is 0 Å². The Kier molecular flexibility index (Phi) is 7.90. The molecule has 3 saturated heterocycles. The highest BCUT2D eigenvalue weighted by Gasteiger charge is 2.37. The number of aliphatic carboxylic acids is 2. The number of hydrogen-bond acceptors (Lipinski definition) is 7. The number of aliphatic hydroxyl groups excluding tert-OH is 2. The maximum Gasteiger partial charge on any atom is 0.335 e. The average molecular weight is 488 g/mol. The van der Waals surface area contributed by atoms with E-state index in [0.717, 1.165) is 18.2 Å². The molecule has 0 aliphatic carbocycles. The van der Waals surface area contributed by atoms with Crippen molar-refractivity contribution < 1.29 is 34.8 Å². The number of carboxylic acid groups (broad SMARTS) is 2. The molecular formula is C25H29NO7S. The molecule has 4 unspecified atom stereocenters. The molecule has 4 aliphatic heterocycles. The summed E-state index contributed by atoms with van der Waals surface area (Å²) in [6.07, 6.45) is -1.47. The number of fused-ring (bicyclic) bond motifs is 5. The van der Waals surface area contributed by atoms with Crippen LogP contribution in [0.5, 0.6) is 0 Å². The van der Waals surface area contributed by atoms with Crippen molar-refractivity contribution in [3.05, 3.63) is 65.2 Å². The van der Waals surface area contributed by atoms with E-state index in [0.29, 0.717) is 6.10 Å². The third-order valence-electron chi connectivity index (χ3n) is 6.63. The van der Waals surface area contributed by atoms with Crippen LogP contribution in [0.1, 0.15) is 35.6 Å². The zero-order valence-electron chi connectivity index (χ0n) is 18.6. The Labute approximate surface area is 202 Å². The van der Waals surface area contributed by atoms with E-state index >= 15 is 0 Å². The van der Waals surface area contributed by atoms with Gasteiger partial charge in [0.15, 0.2) is 12.2 Å². The van der Waals surface area contributed by atoms with E-state index in [1.165, 1.54) is 47.5 Å². The highest BCUT2D eigenvalue weighted by molar-refractivity contribution is 7.98. The standard InChI is InChI=1S/C21H23NOS.C4H6O6/c1-2-6-17-16(5-1)14-24-20-8-4-3-7-18(20)21(17)23-19-13-22-11-9-15(19)10-12-22;5-1(3(7)8)2(6)4(9)10/h1-8,15,19,21H,9-14H2;1-2,5-6H,(H,7,8)(H,9,10). The molecule has 4 heterocycles. The van der Waals surface area contributed by atoms with Gasteiger partial charge in [-0.25, -0.2) is 9.59 Å². The average Bonchev–Trinajstić information content (AvgIpc) is 3.01. The monoisotopic (exact) mass is 487 g/mol. The van der Waals surface area contributed by atoms with E-state index in [9.17, 15) is 9.59 Å². The van der Waals surface area contributed by atoms with E-state index in [1.807, 2.05) is 11.8 Å². The van der Waals surface area contributed by atoms with E-state index in [1.54, 1.807) is 0 Å². The van der Waals surface area contributed by atoms with Crippen LogP contribution >= 0.6 is 11.8 Å². The number of carbonyl (C=O) groups is 2. The molecule has 0 amide bonds. The minimum Gasteiger partial charge on any atom is -0.479 e. The van der Waals surface area contributed by atoms with Crippen molar-refractivity contribution in [1.82, 2.24) is 4.90 Å². The summed E-state index contributed by atoms with van der Waals surface area (Å²) in [5.41, 5.74) is 4.14. The van der Waals surface area contributed by atoms with Crippen molar-refractivity contribution in [1.29, 1.82) is 0 Å². The van der Waals surface area contributed by atoms with Crippen LogP contribution in [0.2, 0.25) is 0 Å². The number of aliphatic hydroxyl groups is 2. The first-order valence-corrected chi connectivity index (χ1v) is 12.3. The number of carboxylic acids is 2. The smallest absolute Gasteiger partial charge is 0.335 e. The zero-order chi connectivity index (χ0) is 24.2. The molecule has 4 N–H and O–H groups in total. The van der Waals surface area contributed by atoms with Crippen molar-refractivity contribution in [2.45, 2.75) is 47.9 Å². The number of nitrogens with zero attached hydrogens (tertiary/aromatic N) is 1. The van der Waals surface area contributed by atoms with Crippen LogP contribution in [0.25, 0.3) is 0 Å². The lowest BCUT2D eigenvalue weighted by Gasteiger charge is -2.45. The zero-order valence-corrected chi connectivity index (χ0v) is 19.4. The third-order valence-corrected chi connectivity index (χ3v) is 7.77. The SMILES string of the molecule is O=C(O)C(O)C(O)C(=O)O.c1ccc2c(c1)CSc1ccccc1C2OC1CN2CCC1CC2. The normalized spacial score (nSPS) is 26.6. The Morgan fingerprint density at radius 2 is 1.50 bits per heavy atom. The van der Waals surface area contributed by atoms with Crippen LogP contribution in [-0.2, 0) is 20.1 Å². The summed E-state index contributed by atoms with van der Waals surface area (Å²) in [5, 5.41) is 32.5. The van der Waals surface area contributed by atoms with Gasteiger partial charge in [-0.1, -0.05) is 42.5 Å². The van der Waals surface area contributed by atoms with Gasteiger partial charge in [-0.2, -0.15) is 0 Å². The fraction of sp³-hybridized carbons (Fsp3) is 0.440. The van der Waals surface area contributed by atoms with Crippen molar-refractivity contribution in [2.75, 3.05) is 19.6 Å². The third kappa shape index (κ3) is 5.45. The van der Waals surface area contributed by atoms with Crippen molar-refractivity contribution >= 4 is 23.7 Å². The molecule has 34 heavy (non-hydrogen) atoms. The van der Waals surface area contributed by atoms with Crippen LogP contribution in [0.15, 0.2) is 53.4 Å². The molecule has 2 aromatic rings. The van der Waals surface area contributed by atoms with Gasteiger partial charge in [0, 0.05) is 17.2 Å². The molecule has 0 radical (unpaired) electrons. The number of ether oxygens (including phenoxy) is 1. The molecule has 9 heteroatoms. The molecule has 0 saturated carbocycles. The molecule has 182 valence electrons. The van der Waals surface area contributed by atoms with Crippen molar-refractivity contribution in [2.24, 2.45) is 5.92 Å². The Hall–Kier alpha value is -2.43. The van der Waals surface area contributed by atoms with Gasteiger partial charge in [0.2, 0.25) is 0 Å². The largest absolute Gasteiger partial charge is 0.479 e. The van der Waals surface area contributed by atoms with Crippen LogP contribution in [0.3, 0.4) is 0 Å². The highest BCUT2D eigenvalue weighted by Crippen LogP contribution is 2.43. The first-order chi connectivity index (χ1) is 16.3. The second-order valence-corrected chi connectivity index (χ2v) is 9.80. The van der Waals surface area contributed by atoms with E-state index in [4.69, 9.17) is 25.2 Å². The Morgan fingerprint density at radius 3 is 2.09 bits per heavy atom. The van der Waals surface area contributed by atoms with Gasteiger partial charge >= 0.3 is 11.9 Å². The first-order valence-electron chi connectivity index (χ1n) is 11.3. The quantitative estimate of drug-likeness (QED) is 0.503. The lowest BCUT2D eigenvalue weighted by molar-refractivity contribution is -0.165. The number of piperidine rings is 3. The molecular weight excluding hydrogens is 458 g/mol. The summed E-state index contributed by atoms with van der Waals surface area (Å²) in [6, 6.07) is 17.7. The first kappa shape index (κ1) is 24.7. The van der Waals surface area contributed by atoms with Crippen LogP contribution in [0, 0.1) is 5.92 Å². The predicted molar refractivity (Wildman–Crippen MR) is 126 cm³/mol. The van der Waals surface area contributed by atoms with Gasteiger partial charge in [0.1, 0.15) is 6.10 Å². The molecule has 3 fully saturated rings. The van der Waals surface area contributed by atoms with Crippen LogP contribution < -0.4 is 0 Å². The van der Waals surface area contributed by atoms with E-state index < -0.39 is 24.1 Å². The molecule has 2 aromatic carbocycles. The summed E-state index contributed by atoms with van der Waals surface area (Å²) in [6.45, 7) is 3.63. The predicted octanol–water partition coefficient (Wildman–Crippen LogP) is 2.37. The van der Waals surface area contributed by atoms with Gasteiger partial charge in [-0.05, 0) is 54.6 Å². The van der Waals surface area contributed by atoms with E-state index in [2.05, 4.69) is 53.4 Å². The van der Waals surface area contributed by atoms with Crippen LogP contribution in [0.4, 0.5) is 0 Å². The van der Waals surface area contributed by atoms with Gasteiger partial charge < -0.3 is 30.1 Å². The van der Waals surface area contributed by atoms with Gasteiger partial charge in [-0.15, -0.1) is 11.8 Å². The molecule has 0 spiro atoms. The Morgan fingerprint density at radius 1 is 0.912 bits per heavy atom. The van der Waals surface area contributed by atoms with E-state index in [-0.39, 0.29) is 6.10 Å². The van der Waals surface area contributed by atoms with Gasteiger partial charge in [-0.3, -0.25) is 0 Å². The maximum absolute atomic E-state index is 9.77. The molecule has 6 rings (SSSR count). The highest BCUT2D eigenvalue weighted by atomic mass is 32.2. The molecule has 2 bridgehead atoms. The number of hydrogen-bond donors (Lipinski definition) is 4. The summed E-state index contributed by atoms with van der Waals surface area (Å²) < 4.78 is 6.84. The summed E-state index contributed by atoms with van der Waals surface area (Å²) in [5.74, 6) is -1.76. The lowest BCUT2D eigenvalue weighted by Crippen LogP contribution is -2.51. The van der Waals surface area contributed by atoms with Crippen LogP contribution in [-0.4, -0.2) is 75.2 Å². The second-order valence-electron chi connectivity index (χ2n) is 8.78. The van der Waals surface area contributed by atoms with Gasteiger partial charge in [0.25, 0.3) is 0 Å². The summed E-state index contributed by atoms with van der Waals surface area (Å²) >= 11 is 1.94. The number of rotatable bonds is 5. The summed E-state index contributed by atoms with van der Waals surface area (Å²) in [7, 11) is 0. The molecule has 4 aliphatic rings. The molecule has 8 nitrogen and oxygen atoms in total. The molecule has 4 atom stereocenters. The summed E-state index contributed by atoms with van der Waals surface area (Å²) in [4.78, 5) is 23.5. The number of benzene rings is 2. The number of thioether (sulfide) groups is 1. The minimum atomic E-state index is -2.27. The lowest BCUT2D eigenvalue weighted by atomic mass is 9.85. The Balaban J connectivity index is 0.000000235. The second kappa shape index (κ2) is 10.9. The molecule has 0 aromatic heterocycles. The van der Waals surface area contributed by atoms with Crippen molar-refractivity contribution in [3.8, 4) is 0 Å². The topological polar surface area (TPSA) is 128 Å². The van der Waals surface area contributed by atoms with Gasteiger partial charge in [0.05, 0.1) is 6.10 Å². The fourth-order valence-corrected chi connectivity index (χ4v) is 5.82.